The van der Waals surface area contributed by atoms with Crippen molar-refractivity contribution in [2.75, 3.05) is 13.2 Å². The highest BCUT2D eigenvalue weighted by molar-refractivity contribution is 6.04. The molecule has 1 aliphatic rings. The molecular formula is C16H17NO3. The summed E-state index contributed by atoms with van der Waals surface area (Å²) in [6.07, 6.45) is 2.39. The number of benzene rings is 1. The van der Waals surface area contributed by atoms with Gasteiger partial charge in [0.05, 0.1) is 18.8 Å². The van der Waals surface area contributed by atoms with Crippen LogP contribution in [0.1, 0.15) is 25.8 Å². The predicted molar refractivity (Wildman–Crippen MR) is 75.5 cm³/mol. The number of allylic oxidation sites excluding steroid dienone is 1. The van der Waals surface area contributed by atoms with Crippen LogP contribution in [0, 0.1) is 17.2 Å². The molecule has 104 valence electrons. The maximum Gasteiger partial charge on any atom is 0.175 e. The van der Waals surface area contributed by atoms with Gasteiger partial charge in [0.1, 0.15) is 6.07 Å². The van der Waals surface area contributed by atoms with Crippen molar-refractivity contribution in [3.8, 4) is 17.6 Å². The fourth-order valence-electron chi connectivity index (χ4n) is 1.95. The van der Waals surface area contributed by atoms with Crippen LogP contribution in [0.2, 0.25) is 0 Å². The van der Waals surface area contributed by atoms with Crippen LogP contribution in [0.4, 0.5) is 0 Å². The Hall–Kier alpha value is -2.28. The van der Waals surface area contributed by atoms with E-state index in [9.17, 15) is 4.79 Å². The summed E-state index contributed by atoms with van der Waals surface area (Å²) in [6, 6.07) is 7.44. The third kappa shape index (κ3) is 3.00. The number of nitriles is 1. The third-order valence-corrected chi connectivity index (χ3v) is 3.01. The molecule has 0 unspecified atom stereocenters. The van der Waals surface area contributed by atoms with Crippen molar-refractivity contribution in [2.45, 2.75) is 20.3 Å². The van der Waals surface area contributed by atoms with Crippen LogP contribution >= 0.6 is 0 Å². The molecule has 4 nitrogen and oxygen atoms in total. The van der Waals surface area contributed by atoms with Gasteiger partial charge in [-0.2, -0.15) is 5.26 Å². The van der Waals surface area contributed by atoms with Crippen molar-refractivity contribution in [3.63, 3.8) is 0 Å². The molecule has 0 N–H and O–H groups in total. The fourth-order valence-corrected chi connectivity index (χ4v) is 1.95. The normalized spacial score (nSPS) is 14.6. The largest absolute Gasteiger partial charge is 0.490 e. The fraction of sp³-hybridized carbons (Fsp3) is 0.375. The average molecular weight is 271 g/mol. The Morgan fingerprint density at radius 2 is 2.10 bits per heavy atom. The second kappa shape index (κ2) is 6.25. The van der Waals surface area contributed by atoms with Gasteiger partial charge in [-0.25, -0.2) is 0 Å². The summed E-state index contributed by atoms with van der Waals surface area (Å²) in [7, 11) is 0. The number of carbonyl (C=O) groups is 1. The van der Waals surface area contributed by atoms with Gasteiger partial charge in [0, 0.05) is 17.9 Å². The van der Waals surface area contributed by atoms with Crippen LogP contribution in [0.5, 0.6) is 11.5 Å². The summed E-state index contributed by atoms with van der Waals surface area (Å²) in [4.78, 5) is 12.0. The Kier molecular flexibility index (Phi) is 4.41. The summed E-state index contributed by atoms with van der Waals surface area (Å²) in [5.74, 6) is 0.889. The standard InChI is InChI=1S/C16H17NO3/c1-11(2)15(18)13(10-17)9-12-5-3-6-14-16(12)20-8-4-7-19-14/h3,5-6,9,11H,4,7-8H2,1-2H3/b13-9-. The molecule has 0 aliphatic carbocycles. The van der Waals surface area contributed by atoms with Gasteiger partial charge >= 0.3 is 0 Å². The Morgan fingerprint density at radius 3 is 2.80 bits per heavy atom. The van der Waals surface area contributed by atoms with Crippen molar-refractivity contribution >= 4 is 11.9 Å². The lowest BCUT2D eigenvalue weighted by molar-refractivity contribution is -0.117. The molecule has 20 heavy (non-hydrogen) atoms. The van der Waals surface area contributed by atoms with Gasteiger partial charge < -0.3 is 9.47 Å². The molecule has 0 saturated heterocycles. The zero-order chi connectivity index (χ0) is 14.5. The topological polar surface area (TPSA) is 59.3 Å². The molecule has 0 amide bonds. The minimum absolute atomic E-state index is 0.140. The first-order valence-electron chi connectivity index (χ1n) is 6.68. The van der Waals surface area contributed by atoms with E-state index in [1.54, 1.807) is 19.9 Å². The van der Waals surface area contributed by atoms with Crippen molar-refractivity contribution in [2.24, 2.45) is 5.92 Å². The number of rotatable bonds is 3. The number of hydrogen-bond donors (Lipinski definition) is 0. The lowest BCUT2D eigenvalue weighted by atomic mass is 9.99. The molecule has 0 atom stereocenters. The second-order valence-electron chi connectivity index (χ2n) is 4.91. The molecule has 0 bridgehead atoms. The number of ketones is 1. The van der Waals surface area contributed by atoms with E-state index in [1.807, 2.05) is 24.3 Å². The molecular weight excluding hydrogens is 254 g/mol. The number of carbonyl (C=O) groups excluding carboxylic acids is 1. The molecule has 0 radical (unpaired) electrons. The van der Waals surface area contributed by atoms with Crippen molar-refractivity contribution in [1.29, 1.82) is 5.26 Å². The zero-order valence-corrected chi connectivity index (χ0v) is 11.7. The highest BCUT2D eigenvalue weighted by Gasteiger charge is 2.17. The minimum atomic E-state index is -0.208. The van der Waals surface area contributed by atoms with Crippen LogP contribution in [0.3, 0.4) is 0 Å². The van der Waals surface area contributed by atoms with Gasteiger partial charge in [-0.1, -0.05) is 26.0 Å². The van der Waals surface area contributed by atoms with Gasteiger partial charge in [-0.15, -0.1) is 0 Å². The number of hydrogen-bond acceptors (Lipinski definition) is 4. The van der Waals surface area contributed by atoms with Gasteiger partial charge in [-0.05, 0) is 12.1 Å². The van der Waals surface area contributed by atoms with Crippen LogP contribution < -0.4 is 9.47 Å². The summed E-state index contributed by atoms with van der Waals surface area (Å²) in [5.41, 5.74) is 0.844. The Bertz CT molecular complexity index is 582. The quantitative estimate of drug-likeness (QED) is 0.626. The van der Waals surface area contributed by atoms with Crippen molar-refractivity contribution in [1.82, 2.24) is 0 Å². The number of Topliss-reactive ketones (excluding diaryl/α,β-unsaturated/α-hetero) is 1. The highest BCUT2D eigenvalue weighted by atomic mass is 16.5. The molecule has 0 spiro atoms. The molecule has 0 fully saturated rings. The van der Waals surface area contributed by atoms with E-state index in [1.165, 1.54) is 0 Å². The number of nitrogens with zero attached hydrogens (tertiary/aromatic N) is 1. The van der Waals surface area contributed by atoms with E-state index in [-0.39, 0.29) is 17.3 Å². The summed E-state index contributed by atoms with van der Waals surface area (Å²) < 4.78 is 11.3. The van der Waals surface area contributed by atoms with Gasteiger partial charge in [0.15, 0.2) is 17.3 Å². The van der Waals surface area contributed by atoms with Crippen molar-refractivity contribution < 1.29 is 14.3 Å². The summed E-state index contributed by atoms with van der Waals surface area (Å²) in [6.45, 7) is 4.73. The second-order valence-corrected chi connectivity index (χ2v) is 4.91. The van der Waals surface area contributed by atoms with E-state index in [0.717, 1.165) is 6.42 Å². The van der Waals surface area contributed by atoms with Gasteiger partial charge in [0.25, 0.3) is 0 Å². The summed E-state index contributed by atoms with van der Waals surface area (Å²) in [5, 5.41) is 9.16. The number of para-hydroxylation sites is 1. The van der Waals surface area contributed by atoms with E-state index >= 15 is 0 Å². The summed E-state index contributed by atoms with van der Waals surface area (Å²) >= 11 is 0. The van der Waals surface area contributed by atoms with Crippen molar-refractivity contribution in [3.05, 3.63) is 29.3 Å². The van der Waals surface area contributed by atoms with E-state index in [2.05, 4.69) is 0 Å². The zero-order valence-electron chi connectivity index (χ0n) is 11.7. The first kappa shape index (κ1) is 14.1. The molecule has 1 aromatic rings. The van der Waals surface area contributed by atoms with Crippen LogP contribution in [0.15, 0.2) is 23.8 Å². The highest BCUT2D eigenvalue weighted by Crippen LogP contribution is 2.34. The lowest BCUT2D eigenvalue weighted by Crippen LogP contribution is -2.09. The first-order chi connectivity index (χ1) is 9.63. The maximum atomic E-state index is 12.0. The lowest BCUT2D eigenvalue weighted by Gasteiger charge is -2.10. The monoisotopic (exact) mass is 271 g/mol. The molecule has 1 aromatic carbocycles. The number of ether oxygens (including phenoxy) is 2. The van der Waals surface area contributed by atoms with E-state index in [4.69, 9.17) is 14.7 Å². The van der Waals surface area contributed by atoms with E-state index < -0.39 is 0 Å². The van der Waals surface area contributed by atoms with Crippen LogP contribution in [0.25, 0.3) is 6.08 Å². The molecule has 0 aromatic heterocycles. The molecule has 1 heterocycles. The average Bonchev–Trinajstić information content (AvgIpc) is 2.69. The third-order valence-electron chi connectivity index (χ3n) is 3.01. The minimum Gasteiger partial charge on any atom is -0.490 e. The Morgan fingerprint density at radius 1 is 1.35 bits per heavy atom. The molecule has 4 heteroatoms. The smallest absolute Gasteiger partial charge is 0.175 e. The predicted octanol–water partition coefficient (Wildman–Crippen LogP) is 2.98. The molecule has 2 rings (SSSR count). The Balaban J connectivity index is 2.43. The van der Waals surface area contributed by atoms with Crippen LogP contribution in [-0.2, 0) is 4.79 Å². The first-order valence-corrected chi connectivity index (χ1v) is 6.68. The SMILES string of the molecule is CC(C)C(=O)/C(C#N)=C\c1cccc2c1OCCCO2. The van der Waals surface area contributed by atoms with Crippen LogP contribution in [-0.4, -0.2) is 19.0 Å². The van der Waals surface area contributed by atoms with E-state index in [0.29, 0.717) is 30.3 Å². The maximum absolute atomic E-state index is 12.0. The Labute approximate surface area is 118 Å². The molecule has 0 saturated carbocycles. The molecule has 1 aliphatic heterocycles. The number of fused-ring (bicyclic) bond motifs is 1. The van der Waals surface area contributed by atoms with Gasteiger partial charge in [-0.3, -0.25) is 4.79 Å². The van der Waals surface area contributed by atoms with Gasteiger partial charge in [0.2, 0.25) is 0 Å².